The summed E-state index contributed by atoms with van der Waals surface area (Å²) in [5.41, 5.74) is 2.84. The van der Waals surface area contributed by atoms with Crippen LogP contribution in [0.5, 0.6) is 5.75 Å². The van der Waals surface area contributed by atoms with E-state index in [1.165, 1.54) is 6.07 Å². The highest BCUT2D eigenvalue weighted by Crippen LogP contribution is 2.28. The second-order valence-electron chi connectivity index (χ2n) is 4.22. The van der Waals surface area contributed by atoms with E-state index >= 15 is 0 Å². The molecule has 2 aromatic carbocycles. The Hall–Kier alpha value is -2.00. The van der Waals surface area contributed by atoms with Crippen molar-refractivity contribution in [1.82, 2.24) is 0 Å². The molecule has 0 bridgehead atoms. The fourth-order valence-electron chi connectivity index (χ4n) is 1.94. The summed E-state index contributed by atoms with van der Waals surface area (Å²) in [4.78, 5) is 11.0. The number of hydrogen-bond donors (Lipinski definition) is 1. The van der Waals surface area contributed by atoms with Gasteiger partial charge in [-0.25, -0.2) is 4.79 Å². The molecule has 0 unspecified atom stereocenters. The van der Waals surface area contributed by atoms with Crippen LogP contribution in [0.1, 0.15) is 15.9 Å². The van der Waals surface area contributed by atoms with Crippen molar-refractivity contribution >= 4 is 17.6 Å². The predicted molar refractivity (Wildman–Crippen MR) is 75.1 cm³/mol. The van der Waals surface area contributed by atoms with E-state index in [4.69, 9.17) is 21.4 Å². The van der Waals surface area contributed by atoms with Crippen LogP contribution < -0.4 is 4.74 Å². The largest absolute Gasteiger partial charge is 0.496 e. The molecule has 3 nitrogen and oxygen atoms in total. The van der Waals surface area contributed by atoms with Crippen LogP contribution in [-0.2, 0) is 0 Å². The Kier molecular flexibility index (Phi) is 3.76. The van der Waals surface area contributed by atoms with E-state index in [-0.39, 0.29) is 5.56 Å². The highest BCUT2D eigenvalue weighted by molar-refractivity contribution is 6.31. The van der Waals surface area contributed by atoms with Crippen molar-refractivity contribution in [3.63, 3.8) is 0 Å². The first-order valence-corrected chi connectivity index (χ1v) is 6.08. The van der Waals surface area contributed by atoms with Gasteiger partial charge in [-0.1, -0.05) is 17.7 Å². The van der Waals surface area contributed by atoms with Crippen LogP contribution in [0.4, 0.5) is 0 Å². The first kappa shape index (κ1) is 13.4. The molecular weight excluding hydrogens is 264 g/mol. The Balaban J connectivity index is 2.52. The number of halogens is 1. The van der Waals surface area contributed by atoms with Gasteiger partial charge in [0, 0.05) is 5.02 Å². The molecule has 0 amide bonds. The molecule has 0 radical (unpaired) electrons. The van der Waals surface area contributed by atoms with Crippen molar-refractivity contribution in [2.24, 2.45) is 0 Å². The van der Waals surface area contributed by atoms with Crippen LogP contribution >= 0.6 is 11.6 Å². The predicted octanol–water partition coefficient (Wildman–Crippen LogP) is 4.02. The van der Waals surface area contributed by atoms with E-state index in [1.54, 1.807) is 19.2 Å². The van der Waals surface area contributed by atoms with Gasteiger partial charge in [0.15, 0.2) is 0 Å². The summed E-state index contributed by atoms with van der Waals surface area (Å²) < 4.78 is 5.20. The molecular formula is C15H13ClO3. The molecule has 0 fully saturated rings. The summed E-state index contributed by atoms with van der Waals surface area (Å²) >= 11 is 5.95. The molecule has 0 atom stereocenters. The smallest absolute Gasteiger partial charge is 0.335 e. The Morgan fingerprint density at radius 3 is 2.47 bits per heavy atom. The van der Waals surface area contributed by atoms with Gasteiger partial charge >= 0.3 is 5.97 Å². The molecule has 0 heterocycles. The van der Waals surface area contributed by atoms with Crippen LogP contribution in [0.3, 0.4) is 0 Å². The minimum atomic E-state index is -0.992. The maximum absolute atomic E-state index is 11.0. The van der Waals surface area contributed by atoms with Gasteiger partial charge in [0.25, 0.3) is 0 Å². The minimum Gasteiger partial charge on any atom is -0.496 e. The van der Waals surface area contributed by atoms with E-state index in [9.17, 15) is 4.79 Å². The number of hydrogen-bond acceptors (Lipinski definition) is 2. The fourth-order valence-corrected chi connectivity index (χ4v) is 2.17. The number of rotatable bonds is 3. The molecule has 2 rings (SSSR count). The number of ether oxygens (including phenoxy) is 1. The van der Waals surface area contributed by atoms with Crippen molar-refractivity contribution in [3.05, 3.63) is 52.5 Å². The van der Waals surface area contributed by atoms with Crippen molar-refractivity contribution < 1.29 is 14.6 Å². The zero-order chi connectivity index (χ0) is 14.0. The molecule has 1 N–H and O–H groups in total. The third kappa shape index (κ3) is 2.88. The van der Waals surface area contributed by atoms with Gasteiger partial charge in [-0.15, -0.1) is 0 Å². The molecule has 4 heteroatoms. The van der Waals surface area contributed by atoms with Gasteiger partial charge in [0.2, 0.25) is 0 Å². The topological polar surface area (TPSA) is 46.5 Å². The van der Waals surface area contributed by atoms with Gasteiger partial charge < -0.3 is 9.84 Å². The van der Waals surface area contributed by atoms with E-state index in [0.29, 0.717) is 5.02 Å². The third-order valence-electron chi connectivity index (χ3n) is 2.87. The number of aromatic carboxylic acids is 1. The van der Waals surface area contributed by atoms with Crippen LogP contribution in [0.25, 0.3) is 11.1 Å². The number of carboxylic acids is 1. The SMILES string of the molecule is COc1ccc(-c2cc(Cl)cc(C(=O)O)c2)cc1C. The van der Waals surface area contributed by atoms with Gasteiger partial charge in [-0.3, -0.25) is 0 Å². The Morgan fingerprint density at radius 2 is 1.89 bits per heavy atom. The van der Waals surface area contributed by atoms with E-state index in [0.717, 1.165) is 22.4 Å². The zero-order valence-electron chi connectivity index (χ0n) is 10.6. The molecule has 19 heavy (non-hydrogen) atoms. The van der Waals surface area contributed by atoms with Crippen molar-refractivity contribution in [1.29, 1.82) is 0 Å². The number of carbonyl (C=O) groups is 1. The Bertz CT molecular complexity index is 635. The summed E-state index contributed by atoms with van der Waals surface area (Å²) in [5.74, 6) is -0.196. The average molecular weight is 277 g/mol. The molecule has 0 aromatic heterocycles. The number of methoxy groups -OCH3 is 1. The average Bonchev–Trinajstić information content (AvgIpc) is 2.37. The highest BCUT2D eigenvalue weighted by atomic mass is 35.5. The molecule has 2 aromatic rings. The lowest BCUT2D eigenvalue weighted by Gasteiger charge is -2.09. The molecule has 0 spiro atoms. The molecule has 0 aliphatic carbocycles. The minimum absolute atomic E-state index is 0.177. The van der Waals surface area contributed by atoms with E-state index < -0.39 is 5.97 Å². The first-order valence-electron chi connectivity index (χ1n) is 5.70. The number of carboxylic acid groups (broad SMARTS) is 1. The summed E-state index contributed by atoms with van der Waals surface area (Å²) in [6.45, 7) is 1.94. The van der Waals surface area contributed by atoms with E-state index in [1.807, 2.05) is 25.1 Å². The molecule has 0 saturated heterocycles. The molecule has 0 aliphatic rings. The number of aryl methyl sites for hydroxylation is 1. The summed E-state index contributed by atoms with van der Waals surface area (Å²) in [6, 6.07) is 10.5. The molecule has 0 saturated carbocycles. The highest BCUT2D eigenvalue weighted by Gasteiger charge is 2.09. The van der Waals surface area contributed by atoms with Crippen molar-refractivity contribution in [2.75, 3.05) is 7.11 Å². The lowest BCUT2D eigenvalue weighted by molar-refractivity contribution is 0.0697. The number of benzene rings is 2. The Morgan fingerprint density at radius 1 is 1.16 bits per heavy atom. The van der Waals surface area contributed by atoms with Crippen molar-refractivity contribution in [2.45, 2.75) is 6.92 Å². The zero-order valence-corrected chi connectivity index (χ0v) is 11.4. The fraction of sp³-hybridized carbons (Fsp3) is 0.133. The van der Waals surface area contributed by atoms with Crippen molar-refractivity contribution in [3.8, 4) is 16.9 Å². The monoisotopic (exact) mass is 276 g/mol. The van der Waals surface area contributed by atoms with Crippen LogP contribution in [0, 0.1) is 6.92 Å². The van der Waals surface area contributed by atoms with Gasteiger partial charge in [-0.05, 0) is 53.9 Å². The second-order valence-corrected chi connectivity index (χ2v) is 4.65. The summed E-state index contributed by atoms with van der Waals surface area (Å²) in [5, 5.41) is 9.44. The van der Waals surface area contributed by atoms with Gasteiger partial charge in [0.05, 0.1) is 12.7 Å². The maximum Gasteiger partial charge on any atom is 0.335 e. The summed E-state index contributed by atoms with van der Waals surface area (Å²) in [6.07, 6.45) is 0. The van der Waals surface area contributed by atoms with Crippen LogP contribution in [0.2, 0.25) is 5.02 Å². The first-order chi connectivity index (χ1) is 9.01. The third-order valence-corrected chi connectivity index (χ3v) is 3.09. The van der Waals surface area contributed by atoms with E-state index in [2.05, 4.69) is 0 Å². The summed E-state index contributed by atoms with van der Waals surface area (Å²) in [7, 11) is 1.62. The van der Waals surface area contributed by atoms with Gasteiger partial charge in [0.1, 0.15) is 5.75 Å². The lowest BCUT2D eigenvalue weighted by Crippen LogP contribution is -1.96. The van der Waals surface area contributed by atoms with Gasteiger partial charge in [-0.2, -0.15) is 0 Å². The van der Waals surface area contributed by atoms with Crippen LogP contribution in [-0.4, -0.2) is 18.2 Å². The molecule has 98 valence electrons. The second kappa shape index (κ2) is 5.33. The quantitative estimate of drug-likeness (QED) is 0.921. The lowest BCUT2D eigenvalue weighted by atomic mass is 10.0. The maximum atomic E-state index is 11.0. The molecule has 0 aliphatic heterocycles. The van der Waals surface area contributed by atoms with Crippen LogP contribution in [0.15, 0.2) is 36.4 Å². The Labute approximate surface area is 116 Å². The standard InChI is InChI=1S/C15H13ClO3/c1-9-5-10(3-4-14(9)19-2)11-6-12(15(17)18)8-13(16)7-11/h3-8H,1-2H3,(H,17,18). The normalized spacial score (nSPS) is 10.3.